The average Bonchev–Trinajstić information content (AvgIpc) is 3.20. The smallest absolute Gasteiger partial charge is 0.234 e. The lowest BCUT2D eigenvalue weighted by atomic mass is 10.1. The van der Waals surface area contributed by atoms with Crippen molar-refractivity contribution in [2.45, 2.75) is 58.4 Å². The molecule has 0 amide bonds. The van der Waals surface area contributed by atoms with Crippen LogP contribution in [0.4, 0.5) is 11.6 Å². The van der Waals surface area contributed by atoms with E-state index in [4.69, 9.17) is 4.74 Å². The van der Waals surface area contributed by atoms with Crippen molar-refractivity contribution in [1.29, 1.82) is 0 Å². The topological polar surface area (TPSA) is 76.1 Å². The van der Waals surface area contributed by atoms with Gasteiger partial charge in [-0.3, -0.25) is 4.98 Å². The molecule has 0 radical (unpaired) electrons. The van der Waals surface area contributed by atoms with Gasteiger partial charge in [-0.25, -0.2) is 9.97 Å². The normalized spacial score (nSPS) is 18.4. The van der Waals surface area contributed by atoms with Crippen LogP contribution in [0.25, 0.3) is 0 Å². The zero-order chi connectivity index (χ0) is 19.3. The summed E-state index contributed by atoms with van der Waals surface area (Å²) in [5.74, 6) is 3.97. The van der Waals surface area contributed by atoms with E-state index < -0.39 is 0 Å². The number of hydrogen-bond donors (Lipinski definition) is 1. The number of rotatable bonds is 6. The van der Waals surface area contributed by atoms with E-state index in [-0.39, 0.29) is 0 Å². The zero-order valence-electron chi connectivity index (χ0n) is 16.9. The van der Waals surface area contributed by atoms with Gasteiger partial charge < -0.3 is 15.0 Å². The maximum Gasteiger partial charge on any atom is 0.234 e. The van der Waals surface area contributed by atoms with Crippen LogP contribution in [0.2, 0.25) is 0 Å². The van der Waals surface area contributed by atoms with Crippen LogP contribution >= 0.6 is 0 Å². The van der Waals surface area contributed by atoms with Crippen LogP contribution < -0.4 is 15.0 Å². The highest BCUT2D eigenvalue weighted by atomic mass is 16.5. The zero-order valence-corrected chi connectivity index (χ0v) is 16.9. The molecule has 28 heavy (non-hydrogen) atoms. The molecule has 1 saturated carbocycles. The summed E-state index contributed by atoms with van der Waals surface area (Å²) in [6.07, 6.45) is 10.8. The van der Waals surface area contributed by atoms with Gasteiger partial charge >= 0.3 is 0 Å². The molecular formula is C21H30N6O. The van der Waals surface area contributed by atoms with E-state index in [2.05, 4.69) is 36.2 Å². The van der Waals surface area contributed by atoms with Crippen LogP contribution in [0.5, 0.6) is 5.88 Å². The molecule has 0 aromatic carbocycles. The van der Waals surface area contributed by atoms with Gasteiger partial charge in [-0.15, -0.1) is 0 Å². The fraction of sp³-hybridized carbons (Fsp3) is 0.619. The van der Waals surface area contributed by atoms with Crippen molar-refractivity contribution in [2.24, 2.45) is 5.92 Å². The molecule has 2 fully saturated rings. The second-order valence-electron chi connectivity index (χ2n) is 8.02. The summed E-state index contributed by atoms with van der Waals surface area (Å²) in [5.41, 5.74) is 1.02. The van der Waals surface area contributed by atoms with Gasteiger partial charge in [0, 0.05) is 30.9 Å². The van der Waals surface area contributed by atoms with Gasteiger partial charge in [-0.2, -0.15) is 4.98 Å². The van der Waals surface area contributed by atoms with E-state index >= 15 is 0 Å². The van der Waals surface area contributed by atoms with E-state index in [9.17, 15) is 0 Å². The Morgan fingerprint density at radius 1 is 1.04 bits per heavy atom. The van der Waals surface area contributed by atoms with Crippen molar-refractivity contribution in [3.8, 4) is 5.88 Å². The summed E-state index contributed by atoms with van der Waals surface area (Å²) in [7, 11) is 0. The van der Waals surface area contributed by atoms with Crippen LogP contribution in [-0.4, -0.2) is 45.7 Å². The Morgan fingerprint density at radius 3 is 2.57 bits per heavy atom. The van der Waals surface area contributed by atoms with Gasteiger partial charge in [0.15, 0.2) is 0 Å². The van der Waals surface area contributed by atoms with Crippen LogP contribution in [-0.2, 0) is 0 Å². The minimum absolute atomic E-state index is 0.389. The number of hydrogen-bond acceptors (Lipinski definition) is 7. The first-order valence-corrected chi connectivity index (χ1v) is 10.4. The minimum atomic E-state index is 0.389. The molecule has 0 unspecified atom stereocenters. The number of piperidine rings is 1. The summed E-state index contributed by atoms with van der Waals surface area (Å²) in [4.78, 5) is 20.2. The molecule has 1 aliphatic carbocycles. The molecule has 2 aromatic rings. The molecule has 3 heterocycles. The number of nitrogens with zero attached hydrogens (tertiary/aromatic N) is 5. The number of aryl methyl sites for hydroxylation is 2. The van der Waals surface area contributed by atoms with Crippen molar-refractivity contribution >= 4 is 11.6 Å². The average molecular weight is 383 g/mol. The third-order valence-corrected chi connectivity index (χ3v) is 5.68. The number of ether oxygens (including phenoxy) is 1. The molecule has 2 aromatic heterocycles. The third kappa shape index (κ3) is 4.88. The lowest BCUT2D eigenvalue weighted by molar-refractivity contribution is 0.243. The molecular weight excluding hydrogens is 352 g/mol. The molecule has 1 saturated heterocycles. The van der Waals surface area contributed by atoms with Crippen molar-refractivity contribution in [3.63, 3.8) is 0 Å². The number of aromatic nitrogens is 4. The quantitative estimate of drug-likeness (QED) is 0.819. The van der Waals surface area contributed by atoms with Crippen molar-refractivity contribution < 1.29 is 4.74 Å². The predicted molar refractivity (Wildman–Crippen MR) is 110 cm³/mol. The Kier molecular flexibility index (Phi) is 5.88. The first kappa shape index (κ1) is 18.9. The maximum atomic E-state index is 5.88. The summed E-state index contributed by atoms with van der Waals surface area (Å²) >= 11 is 0. The lowest BCUT2D eigenvalue weighted by Gasteiger charge is -2.33. The first-order chi connectivity index (χ1) is 13.7. The third-order valence-electron chi connectivity index (χ3n) is 5.68. The molecule has 150 valence electrons. The Labute approximate surface area is 167 Å². The molecule has 7 heteroatoms. The maximum absolute atomic E-state index is 5.88. The summed E-state index contributed by atoms with van der Waals surface area (Å²) < 4.78 is 5.88. The summed E-state index contributed by atoms with van der Waals surface area (Å²) in [6.45, 7) is 6.67. The Morgan fingerprint density at radius 2 is 1.82 bits per heavy atom. The standard InChI is InChI=1S/C21H30N6O/c1-15-11-20(24-16(2)23-15)27-9-7-18(8-10-27)25-19-12-22-13-21(26-19)28-14-17-5-3-4-6-17/h11-13,17-18H,3-10,14H2,1-2H3,(H,25,26). The van der Waals surface area contributed by atoms with Gasteiger partial charge in [0.25, 0.3) is 0 Å². The van der Waals surface area contributed by atoms with Crippen LogP contribution in [0, 0.1) is 19.8 Å². The van der Waals surface area contributed by atoms with Gasteiger partial charge in [0.05, 0.1) is 19.0 Å². The molecule has 0 atom stereocenters. The predicted octanol–water partition coefficient (Wildman–Crippen LogP) is 3.53. The second-order valence-corrected chi connectivity index (χ2v) is 8.02. The number of anilines is 2. The fourth-order valence-electron chi connectivity index (χ4n) is 4.19. The van der Waals surface area contributed by atoms with Crippen LogP contribution in [0.15, 0.2) is 18.5 Å². The second kappa shape index (κ2) is 8.71. The highest BCUT2D eigenvalue weighted by Gasteiger charge is 2.21. The fourth-order valence-corrected chi connectivity index (χ4v) is 4.19. The van der Waals surface area contributed by atoms with E-state index in [0.717, 1.165) is 55.7 Å². The molecule has 2 aliphatic rings. The van der Waals surface area contributed by atoms with E-state index in [1.807, 2.05) is 13.8 Å². The van der Waals surface area contributed by atoms with Gasteiger partial charge in [0.2, 0.25) is 5.88 Å². The van der Waals surface area contributed by atoms with E-state index in [1.54, 1.807) is 12.4 Å². The van der Waals surface area contributed by atoms with Crippen LogP contribution in [0.3, 0.4) is 0 Å². The lowest BCUT2D eigenvalue weighted by Crippen LogP contribution is -2.39. The minimum Gasteiger partial charge on any atom is -0.476 e. The summed E-state index contributed by atoms with van der Waals surface area (Å²) in [6, 6.07) is 2.46. The Balaban J connectivity index is 1.29. The number of nitrogens with one attached hydrogen (secondary N) is 1. The highest BCUT2D eigenvalue weighted by molar-refractivity contribution is 5.41. The van der Waals surface area contributed by atoms with Crippen molar-refractivity contribution in [1.82, 2.24) is 19.9 Å². The molecule has 4 rings (SSSR count). The molecule has 1 aliphatic heterocycles. The SMILES string of the molecule is Cc1cc(N2CCC(Nc3cncc(OCC4CCCC4)n3)CC2)nc(C)n1. The molecule has 0 bridgehead atoms. The van der Waals surface area contributed by atoms with Gasteiger partial charge in [0.1, 0.15) is 17.5 Å². The van der Waals surface area contributed by atoms with Gasteiger partial charge in [-0.1, -0.05) is 12.8 Å². The monoisotopic (exact) mass is 382 g/mol. The van der Waals surface area contributed by atoms with Crippen LogP contribution in [0.1, 0.15) is 50.0 Å². The Bertz CT molecular complexity index is 764. The van der Waals surface area contributed by atoms with E-state index in [1.165, 1.54) is 25.7 Å². The molecule has 0 spiro atoms. The highest BCUT2D eigenvalue weighted by Crippen LogP contribution is 2.25. The summed E-state index contributed by atoms with van der Waals surface area (Å²) in [5, 5.41) is 3.53. The van der Waals surface area contributed by atoms with Crippen molar-refractivity contribution in [2.75, 3.05) is 29.9 Å². The van der Waals surface area contributed by atoms with Crippen molar-refractivity contribution in [3.05, 3.63) is 30.0 Å². The molecule has 7 nitrogen and oxygen atoms in total. The molecule has 1 N–H and O–H groups in total. The first-order valence-electron chi connectivity index (χ1n) is 10.4. The Hall–Kier alpha value is -2.44. The van der Waals surface area contributed by atoms with Gasteiger partial charge in [-0.05, 0) is 45.4 Å². The largest absolute Gasteiger partial charge is 0.476 e. The van der Waals surface area contributed by atoms with E-state index in [0.29, 0.717) is 17.8 Å².